The van der Waals surface area contributed by atoms with E-state index in [2.05, 4.69) is 5.32 Å². The molecule has 1 atom stereocenters. The summed E-state index contributed by atoms with van der Waals surface area (Å²) in [4.78, 5) is 13.7. The number of nitrogens with one attached hydrogen (secondary N) is 1. The van der Waals surface area contributed by atoms with E-state index in [1.165, 1.54) is 12.1 Å². The van der Waals surface area contributed by atoms with Gasteiger partial charge in [-0.3, -0.25) is 4.79 Å². The first kappa shape index (κ1) is 12.0. The van der Waals surface area contributed by atoms with Crippen molar-refractivity contribution >= 4 is 5.91 Å². The Morgan fingerprint density at radius 2 is 2.41 bits per heavy atom. The third-order valence-electron chi connectivity index (χ3n) is 3.04. The number of halogens is 1. The molecular formula is C13H17FN2O. The van der Waals surface area contributed by atoms with E-state index in [9.17, 15) is 9.18 Å². The number of hydrogen-bond acceptors (Lipinski definition) is 2. The summed E-state index contributed by atoms with van der Waals surface area (Å²) >= 11 is 0. The quantitative estimate of drug-likeness (QED) is 0.863. The number of carbonyl (C=O) groups is 1. The Labute approximate surface area is 101 Å². The molecule has 1 saturated heterocycles. The average Bonchev–Trinajstić information content (AvgIpc) is 2.81. The molecule has 17 heavy (non-hydrogen) atoms. The first-order valence-corrected chi connectivity index (χ1v) is 5.89. The summed E-state index contributed by atoms with van der Waals surface area (Å²) in [6.45, 7) is 1.36. The van der Waals surface area contributed by atoms with Gasteiger partial charge < -0.3 is 10.2 Å². The normalized spacial score (nSPS) is 19.3. The fraction of sp³-hybridized carbons (Fsp3) is 0.462. The van der Waals surface area contributed by atoms with Crippen LogP contribution in [-0.2, 0) is 11.3 Å². The second-order valence-electron chi connectivity index (χ2n) is 4.47. The SMILES string of the molecule is CN(Cc1cccc(F)c1)C(=O)C1CCCN1. The van der Waals surface area contributed by atoms with Gasteiger partial charge in [0, 0.05) is 13.6 Å². The van der Waals surface area contributed by atoms with E-state index in [-0.39, 0.29) is 17.8 Å². The van der Waals surface area contributed by atoms with Gasteiger partial charge in [0.2, 0.25) is 5.91 Å². The maximum absolute atomic E-state index is 13.0. The zero-order valence-electron chi connectivity index (χ0n) is 9.95. The van der Waals surface area contributed by atoms with Crippen LogP contribution in [0.1, 0.15) is 18.4 Å². The van der Waals surface area contributed by atoms with E-state index < -0.39 is 0 Å². The maximum Gasteiger partial charge on any atom is 0.239 e. The topological polar surface area (TPSA) is 32.3 Å². The number of amides is 1. The van der Waals surface area contributed by atoms with Crippen molar-refractivity contribution < 1.29 is 9.18 Å². The van der Waals surface area contributed by atoms with Gasteiger partial charge in [-0.2, -0.15) is 0 Å². The van der Waals surface area contributed by atoms with Gasteiger partial charge in [0.15, 0.2) is 0 Å². The van der Waals surface area contributed by atoms with Crippen LogP contribution in [0, 0.1) is 5.82 Å². The molecule has 2 rings (SSSR count). The van der Waals surface area contributed by atoms with Crippen molar-refractivity contribution in [2.75, 3.05) is 13.6 Å². The lowest BCUT2D eigenvalue weighted by molar-refractivity contribution is -0.132. The number of rotatable bonds is 3. The summed E-state index contributed by atoms with van der Waals surface area (Å²) in [6, 6.07) is 6.30. The minimum absolute atomic E-state index is 0.0615. The smallest absolute Gasteiger partial charge is 0.239 e. The Bertz CT molecular complexity index is 402. The fourth-order valence-electron chi connectivity index (χ4n) is 2.15. The minimum Gasteiger partial charge on any atom is -0.340 e. The molecule has 0 aliphatic carbocycles. The fourth-order valence-corrected chi connectivity index (χ4v) is 2.15. The first-order chi connectivity index (χ1) is 8.16. The molecule has 1 fully saturated rings. The Morgan fingerprint density at radius 3 is 3.06 bits per heavy atom. The molecule has 1 aromatic rings. The number of likely N-dealkylation sites (N-methyl/N-ethyl adjacent to an activating group) is 1. The predicted octanol–water partition coefficient (Wildman–Crippen LogP) is 1.54. The van der Waals surface area contributed by atoms with Crippen LogP contribution in [0.5, 0.6) is 0 Å². The average molecular weight is 236 g/mol. The summed E-state index contributed by atoms with van der Waals surface area (Å²) in [5.41, 5.74) is 0.818. The van der Waals surface area contributed by atoms with E-state index in [4.69, 9.17) is 0 Å². The van der Waals surface area contributed by atoms with E-state index in [0.29, 0.717) is 6.54 Å². The molecule has 1 aliphatic heterocycles. The molecule has 3 nitrogen and oxygen atoms in total. The number of hydrogen-bond donors (Lipinski definition) is 1. The first-order valence-electron chi connectivity index (χ1n) is 5.89. The standard InChI is InChI=1S/C13H17FN2O/c1-16(13(17)12-6-3-7-15-12)9-10-4-2-5-11(14)8-10/h2,4-5,8,12,15H,3,6-7,9H2,1H3. The molecule has 4 heteroatoms. The highest BCUT2D eigenvalue weighted by Gasteiger charge is 2.24. The van der Waals surface area contributed by atoms with E-state index >= 15 is 0 Å². The van der Waals surface area contributed by atoms with Crippen LogP contribution in [0.2, 0.25) is 0 Å². The molecule has 92 valence electrons. The van der Waals surface area contributed by atoms with Gasteiger partial charge in [-0.25, -0.2) is 4.39 Å². The summed E-state index contributed by atoms with van der Waals surface area (Å²) in [6.07, 6.45) is 1.94. The third kappa shape index (κ3) is 3.03. The molecule has 1 aliphatic rings. The summed E-state index contributed by atoms with van der Waals surface area (Å²) in [5, 5.41) is 3.17. The Kier molecular flexibility index (Phi) is 3.74. The zero-order valence-corrected chi connectivity index (χ0v) is 9.95. The summed E-state index contributed by atoms with van der Waals surface area (Å²) in [7, 11) is 1.76. The van der Waals surface area contributed by atoms with E-state index in [1.54, 1.807) is 18.0 Å². The van der Waals surface area contributed by atoms with Gasteiger partial charge >= 0.3 is 0 Å². The van der Waals surface area contributed by atoms with Crippen LogP contribution in [0.15, 0.2) is 24.3 Å². The Hall–Kier alpha value is -1.42. The van der Waals surface area contributed by atoms with Gasteiger partial charge in [0.05, 0.1) is 6.04 Å². The molecule has 0 bridgehead atoms. The molecule has 0 aromatic heterocycles. The predicted molar refractivity (Wildman–Crippen MR) is 63.9 cm³/mol. The molecule has 0 radical (unpaired) electrons. The summed E-state index contributed by atoms with van der Waals surface area (Å²) in [5.74, 6) is -0.172. The Balaban J connectivity index is 1.96. The molecular weight excluding hydrogens is 219 g/mol. The highest BCUT2D eigenvalue weighted by atomic mass is 19.1. The van der Waals surface area contributed by atoms with Gasteiger partial charge in [-0.05, 0) is 37.1 Å². The van der Waals surface area contributed by atoms with Crippen molar-refractivity contribution in [3.63, 3.8) is 0 Å². The molecule has 1 heterocycles. The van der Waals surface area contributed by atoms with E-state index in [1.807, 2.05) is 6.07 Å². The van der Waals surface area contributed by atoms with Crippen LogP contribution in [0.25, 0.3) is 0 Å². The third-order valence-corrected chi connectivity index (χ3v) is 3.04. The molecule has 0 spiro atoms. The lowest BCUT2D eigenvalue weighted by Gasteiger charge is -2.21. The molecule has 1 aromatic carbocycles. The van der Waals surface area contributed by atoms with Gasteiger partial charge in [-0.15, -0.1) is 0 Å². The van der Waals surface area contributed by atoms with Crippen molar-refractivity contribution in [3.8, 4) is 0 Å². The molecule has 1 amide bonds. The number of nitrogens with zero attached hydrogens (tertiary/aromatic N) is 1. The van der Waals surface area contributed by atoms with Crippen LogP contribution in [0.3, 0.4) is 0 Å². The number of carbonyl (C=O) groups excluding carboxylic acids is 1. The second-order valence-corrected chi connectivity index (χ2v) is 4.47. The lowest BCUT2D eigenvalue weighted by Crippen LogP contribution is -2.41. The summed E-state index contributed by atoms with van der Waals surface area (Å²) < 4.78 is 13.0. The Morgan fingerprint density at radius 1 is 1.59 bits per heavy atom. The van der Waals surface area contributed by atoms with Gasteiger partial charge in [0.1, 0.15) is 5.82 Å². The van der Waals surface area contributed by atoms with Crippen LogP contribution >= 0.6 is 0 Å². The van der Waals surface area contributed by atoms with Gasteiger partial charge in [-0.1, -0.05) is 12.1 Å². The molecule has 0 saturated carbocycles. The van der Waals surface area contributed by atoms with Crippen LogP contribution in [-0.4, -0.2) is 30.4 Å². The minimum atomic E-state index is -0.262. The number of benzene rings is 1. The lowest BCUT2D eigenvalue weighted by atomic mass is 10.1. The van der Waals surface area contributed by atoms with Crippen molar-refractivity contribution in [2.24, 2.45) is 0 Å². The van der Waals surface area contributed by atoms with Crippen molar-refractivity contribution in [1.82, 2.24) is 10.2 Å². The maximum atomic E-state index is 13.0. The molecule has 1 N–H and O–H groups in total. The van der Waals surface area contributed by atoms with Crippen LogP contribution in [0.4, 0.5) is 4.39 Å². The largest absolute Gasteiger partial charge is 0.340 e. The van der Waals surface area contributed by atoms with Gasteiger partial charge in [0.25, 0.3) is 0 Å². The van der Waals surface area contributed by atoms with Crippen molar-refractivity contribution in [3.05, 3.63) is 35.6 Å². The highest BCUT2D eigenvalue weighted by molar-refractivity contribution is 5.81. The van der Waals surface area contributed by atoms with Crippen molar-refractivity contribution in [1.29, 1.82) is 0 Å². The highest BCUT2D eigenvalue weighted by Crippen LogP contribution is 2.11. The molecule has 1 unspecified atom stereocenters. The second kappa shape index (κ2) is 5.27. The monoisotopic (exact) mass is 236 g/mol. The zero-order chi connectivity index (χ0) is 12.3. The van der Waals surface area contributed by atoms with E-state index in [0.717, 1.165) is 24.9 Å². The van der Waals surface area contributed by atoms with Crippen LogP contribution < -0.4 is 5.32 Å². The van der Waals surface area contributed by atoms with Crippen molar-refractivity contribution in [2.45, 2.75) is 25.4 Å².